The minimum atomic E-state index is -4.14. The van der Waals surface area contributed by atoms with Gasteiger partial charge in [0.25, 0.3) is 5.69 Å². The Morgan fingerprint density at radius 2 is 1.88 bits per heavy atom. The summed E-state index contributed by atoms with van der Waals surface area (Å²) in [6.07, 6.45) is 1.00. The van der Waals surface area contributed by atoms with Crippen LogP contribution in [0.5, 0.6) is 0 Å². The Morgan fingerprint density at radius 3 is 2.50 bits per heavy atom. The molecule has 0 saturated heterocycles. The van der Waals surface area contributed by atoms with Crippen LogP contribution >= 0.6 is 31.9 Å². The molecule has 0 aliphatic heterocycles. The lowest BCUT2D eigenvalue weighted by molar-refractivity contribution is -0.385. The third-order valence-corrected chi connectivity index (χ3v) is 6.15. The summed E-state index contributed by atoms with van der Waals surface area (Å²) in [6, 6.07) is 11.7. The fourth-order valence-electron chi connectivity index (χ4n) is 1.89. The maximum atomic E-state index is 12.7. The molecule has 122 valence electrons. The Morgan fingerprint density at radius 1 is 1.21 bits per heavy atom. The standard InChI is InChI=1S/C15H8Br2N2O4S/c16-11-5-6-13(17)15(8-11)24(22,23)12(9-18)7-10-3-1-2-4-14(10)19(20)21/h1-8H/b12-7+. The van der Waals surface area contributed by atoms with Crippen molar-refractivity contribution in [3.05, 3.63) is 72.0 Å². The second-order valence-corrected chi connectivity index (χ2v) is 8.17. The van der Waals surface area contributed by atoms with E-state index >= 15 is 0 Å². The van der Waals surface area contributed by atoms with Crippen molar-refractivity contribution in [1.29, 1.82) is 5.26 Å². The smallest absolute Gasteiger partial charge is 0.258 e. The molecule has 0 aromatic heterocycles. The topological polar surface area (TPSA) is 101 Å². The molecule has 0 unspecified atom stereocenters. The van der Waals surface area contributed by atoms with Gasteiger partial charge in [-0.05, 0) is 46.3 Å². The molecule has 0 saturated carbocycles. The highest BCUT2D eigenvalue weighted by Gasteiger charge is 2.25. The van der Waals surface area contributed by atoms with Gasteiger partial charge >= 0.3 is 0 Å². The van der Waals surface area contributed by atoms with Crippen molar-refractivity contribution in [2.24, 2.45) is 0 Å². The molecule has 2 aromatic carbocycles. The zero-order valence-corrected chi connectivity index (χ0v) is 15.8. The normalized spacial score (nSPS) is 11.8. The molecule has 0 spiro atoms. The zero-order chi connectivity index (χ0) is 17.9. The fraction of sp³-hybridized carbons (Fsp3) is 0. The van der Waals surface area contributed by atoms with Crippen LogP contribution < -0.4 is 0 Å². The van der Waals surface area contributed by atoms with Crippen molar-refractivity contribution < 1.29 is 13.3 Å². The van der Waals surface area contributed by atoms with Crippen LogP contribution in [0.3, 0.4) is 0 Å². The first kappa shape index (κ1) is 18.3. The Bertz CT molecular complexity index is 995. The van der Waals surface area contributed by atoms with Crippen LogP contribution in [0, 0.1) is 21.4 Å². The highest BCUT2D eigenvalue weighted by Crippen LogP contribution is 2.31. The molecule has 0 aliphatic carbocycles. The average Bonchev–Trinajstić information content (AvgIpc) is 2.54. The van der Waals surface area contributed by atoms with E-state index in [4.69, 9.17) is 0 Å². The zero-order valence-electron chi connectivity index (χ0n) is 11.8. The van der Waals surface area contributed by atoms with Crippen molar-refractivity contribution in [2.45, 2.75) is 4.90 Å². The monoisotopic (exact) mass is 470 g/mol. The molecule has 0 bridgehead atoms. The minimum absolute atomic E-state index is 0.0359. The van der Waals surface area contributed by atoms with Crippen LogP contribution in [-0.2, 0) is 9.84 Å². The van der Waals surface area contributed by atoms with Gasteiger partial charge in [0.15, 0.2) is 0 Å². The maximum Gasteiger partial charge on any atom is 0.276 e. The van der Waals surface area contributed by atoms with Crippen LogP contribution in [0.25, 0.3) is 6.08 Å². The van der Waals surface area contributed by atoms with Gasteiger partial charge in [-0.25, -0.2) is 8.42 Å². The molecule has 0 fully saturated rings. The molecule has 0 radical (unpaired) electrons. The third-order valence-electron chi connectivity index (χ3n) is 3.00. The van der Waals surface area contributed by atoms with Crippen molar-refractivity contribution >= 4 is 53.5 Å². The van der Waals surface area contributed by atoms with E-state index in [1.165, 1.54) is 36.4 Å². The lowest BCUT2D eigenvalue weighted by atomic mass is 10.1. The fourth-order valence-corrected chi connectivity index (χ4v) is 4.53. The van der Waals surface area contributed by atoms with Crippen LogP contribution in [0.2, 0.25) is 0 Å². The number of nitrogens with zero attached hydrogens (tertiary/aromatic N) is 2. The largest absolute Gasteiger partial charge is 0.276 e. The van der Waals surface area contributed by atoms with E-state index in [1.807, 2.05) is 0 Å². The number of hydrogen-bond donors (Lipinski definition) is 0. The Labute approximate surface area is 154 Å². The summed E-state index contributed by atoms with van der Waals surface area (Å²) >= 11 is 6.32. The molecule has 2 aromatic rings. The summed E-state index contributed by atoms with van der Waals surface area (Å²) in [5.74, 6) is 0. The molecule has 6 nitrogen and oxygen atoms in total. The lowest BCUT2D eigenvalue weighted by Crippen LogP contribution is -2.05. The molecule has 24 heavy (non-hydrogen) atoms. The number of halogens is 2. The summed E-state index contributed by atoms with van der Waals surface area (Å²) in [4.78, 5) is 9.71. The van der Waals surface area contributed by atoms with E-state index in [9.17, 15) is 23.8 Å². The first-order valence-corrected chi connectivity index (χ1v) is 9.39. The van der Waals surface area contributed by atoms with Gasteiger partial charge in [-0.3, -0.25) is 10.1 Å². The first-order chi connectivity index (χ1) is 11.3. The van der Waals surface area contributed by atoms with E-state index in [0.717, 1.165) is 6.08 Å². The van der Waals surface area contributed by atoms with Gasteiger partial charge < -0.3 is 0 Å². The van der Waals surface area contributed by atoms with Crippen LogP contribution in [0.15, 0.2) is 61.2 Å². The van der Waals surface area contributed by atoms with Crippen molar-refractivity contribution in [3.63, 3.8) is 0 Å². The molecular formula is C15H8Br2N2O4S. The number of nitriles is 1. The van der Waals surface area contributed by atoms with Gasteiger partial charge in [-0.2, -0.15) is 5.26 Å². The highest BCUT2D eigenvalue weighted by molar-refractivity contribution is 9.11. The van der Waals surface area contributed by atoms with Gasteiger partial charge in [0, 0.05) is 15.0 Å². The number of benzene rings is 2. The number of hydrogen-bond acceptors (Lipinski definition) is 5. The van der Waals surface area contributed by atoms with Crippen LogP contribution in [-0.4, -0.2) is 13.3 Å². The summed E-state index contributed by atoms with van der Waals surface area (Å²) in [5, 5.41) is 20.3. The number of nitro groups is 1. The van der Waals surface area contributed by atoms with E-state index < -0.39 is 19.7 Å². The summed E-state index contributed by atoms with van der Waals surface area (Å²) in [6.45, 7) is 0. The predicted octanol–water partition coefficient (Wildman–Crippen LogP) is 4.46. The van der Waals surface area contributed by atoms with Gasteiger partial charge in [0.2, 0.25) is 9.84 Å². The number of rotatable bonds is 4. The Kier molecular flexibility index (Phi) is 5.54. The van der Waals surface area contributed by atoms with Gasteiger partial charge in [0.1, 0.15) is 11.0 Å². The lowest BCUT2D eigenvalue weighted by Gasteiger charge is -2.06. The van der Waals surface area contributed by atoms with Crippen molar-refractivity contribution in [3.8, 4) is 6.07 Å². The van der Waals surface area contributed by atoms with E-state index in [-0.39, 0.29) is 20.6 Å². The van der Waals surface area contributed by atoms with E-state index in [0.29, 0.717) is 4.47 Å². The second-order valence-electron chi connectivity index (χ2n) is 4.51. The number of nitro benzene ring substituents is 1. The molecule has 0 aliphatic rings. The quantitative estimate of drug-likeness (QED) is 0.372. The number of para-hydroxylation sites is 1. The highest BCUT2D eigenvalue weighted by atomic mass is 79.9. The van der Waals surface area contributed by atoms with Gasteiger partial charge in [-0.15, -0.1) is 0 Å². The van der Waals surface area contributed by atoms with Crippen LogP contribution in [0.4, 0.5) is 5.69 Å². The summed E-state index contributed by atoms with van der Waals surface area (Å²) in [5.41, 5.74) is -0.248. The minimum Gasteiger partial charge on any atom is -0.258 e. The maximum absolute atomic E-state index is 12.7. The van der Waals surface area contributed by atoms with Crippen molar-refractivity contribution in [2.75, 3.05) is 0 Å². The third kappa shape index (κ3) is 3.72. The molecule has 9 heteroatoms. The predicted molar refractivity (Wildman–Crippen MR) is 95.7 cm³/mol. The Balaban J connectivity index is 2.66. The second kappa shape index (κ2) is 7.25. The number of sulfone groups is 1. The van der Waals surface area contributed by atoms with Crippen molar-refractivity contribution in [1.82, 2.24) is 0 Å². The van der Waals surface area contributed by atoms with E-state index in [1.54, 1.807) is 12.1 Å². The molecule has 0 atom stereocenters. The van der Waals surface area contributed by atoms with E-state index in [2.05, 4.69) is 31.9 Å². The summed E-state index contributed by atoms with van der Waals surface area (Å²) < 4.78 is 26.2. The average molecular weight is 472 g/mol. The number of allylic oxidation sites excluding steroid dienone is 1. The SMILES string of the molecule is N#C/C(=C\c1ccccc1[N+](=O)[O-])S(=O)(=O)c1cc(Br)ccc1Br. The molecule has 0 heterocycles. The summed E-state index contributed by atoms with van der Waals surface area (Å²) in [7, 11) is -4.14. The van der Waals surface area contributed by atoms with Gasteiger partial charge in [0.05, 0.1) is 15.4 Å². The molecule has 0 N–H and O–H groups in total. The molecular weight excluding hydrogens is 464 g/mol. The molecule has 0 amide bonds. The van der Waals surface area contributed by atoms with Crippen LogP contribution in [0.1, 0.15) is 5.56 Å². The molecule has 2 rings (SSSR count). The first-order valence-electron chi connectivity index (χ1n) is 6.32. The van der Waals surface area contributed by atoms with Gasteiger partial charge in [-0.1, -0.05) is 28.1 Å². The Hall–Kier alpha value is -2.02.